The molecule has 1 amide bonds. The monoisotopic (exact) mass is 971 g/mol. The standard InChI is InChI=1S/C40H49N11O14S2/c41-15-22(53)16-43-18-32(56)46-17-21(52)13-31-49-39(45-9-3-8-44-20-10-27(54)38(59)28(55)11-20)51-40(50-31)48-25-7-6-19(12-29(25)66(60,61)62)47-26-14-30(67(63,64)65)35(42)34-33(26)36(57)23-4-1-2-5-24(23)37(34)58/h1-2,4-7,10,12,14,21-22,27-28,38,43-44,47,52-55,59H,3,8-9,11,13,15-18,41-42H2,(H,46,56)(H,60,61,62)(H,63,64,65)(H2,45,48,49,50,51)/t21?,22?,27-,28-,38-/m1/s1. The number of carbonyl (C=O) groups excluding carboxylic acids is 3. The van der Waals surface area contributed by atoms with Crippen LogP contribution < -0.4 is 43.4 Å². The second kappa shape index (κ2) is 21.2. The van der Waals surface area contributed by atoms with Gasteiger partial charge in [-0.2, -0.15) is 31.8 Å². The molecule has 2 unspecified atom stereocenters. The predicted octanol–water partition coefficient (Wildman–Crippen LogP) is -2.10. The topological polar surface area (TPSA) is 424 Å². The third kappa shape index (κ3) is 12.4. The van der Waals surface area contributed by atoms with Crippen LogP contribution in [-0.4, -0.2) is 154 Å². The Morgan fingerprint density at radius 3 is 2.10 bits per heavy atom. The Kier molecular flexibility index (Phi) is 15.8. The molecule has 6 rings (SSSR count). The minimum atomic E-state index is -5.12. The first-order chi connectivity index (χ1) is 31.6. The van der Waals surface area contributed by atoms with Crippen LogP contribution in [-0.2, 0) is 31.5 Å². The lowest BCUT2D eigenvalue weighted by molar-refractivity contribution is -0.120. The summed E-state index contributed by atoms with van der Waals surface area (Å²) in [6.45, 7) is 0.162. The van der Waals surface area contributed by atoms with Gasteiger partial charge in [-0.15, -0.1) is 0 Å². The van der Waals surface area contributed by atoms with Crippen LogP contribution in [0, 0.1) is 0 Å². The summed E-state index contributed by atoms with van der Waals surface area (Å²) in [5, 5.41) is 66.8. The van der Waals surface area contributed by atoms with E-state index in [0.29, 0.717) is 18.7 Å². The van der Waals surface area contributed by atoms with Gasteiger partial charge >= 0.3 is 0 Å². The quantitative estimate of drug-likeness (QED) is 0.0213. The summed E-state index contributed by atoms with van der Waals surface area (Å²) in [5.41, 5.74) is 9.41. The van der Waals surface area contributed by atoms with Crippen molar-refractivity contribution in [1.29, 1.82) is 0 Å². The van der Waals surface area contributed by atoms with Crippen LogP contribution in [0.1, 0.15) is 50.5 Å². The van der Waals surface area contributed by atoms with E-state index in [2.05, 4.69) is 46.9 Å². The van der Waals surface area contributed by atoms with Crippen molar-refractivity contribution in [2.75, 3.05) is 61.0 Å². The molecule has 3 aromatic carbocycles. The van der Waals surface area contributed by atoms with Crippen molar-refractivity contribution in [2.24, 2.45) is 5.73 Å². The third-order valence-electron chi connectivity index (χ3n) is 10.4. The second-order valence-electron chi connectivity index (χ2n) is 15.4. The molecule has 0 bridgehead atoms. The molecule has 0 radical (unpaired) electrons. The van der Waals surface area contributed by atoms with E-state index in [0.717, 1.165) is 18.2 Å². The molecule has 0 fully saturated rings. The van der Waals surface area contributed by atoms with E-state index in [-0.39, 0.29) is 97.0 Å². The fourth-order valence-electron chi connectivity index (χ4n) is 7.07. The van der Waals surface area contributed by atoms with Crippen molar-refractivity contribution in [3.05, 3.63) is 88.4 Å². The number of amides is 1. The van der Waals surface area contributed by atoms with Crippen molar-refractivity contribution in [2.45, 2.75) is 59.6 Å². The van der Waals surface area contributed by atoms with E-state index in [1.54, 1.807) is 0 Å². The molecule has 1 heterocycles. The molecule has 5 atom stereocenters. The highest BCUT2D eigenvalue weighted by Gasteiger charge is 2.37. The maximum atomic E-state index is 13.8. The SMILES string of the molecule is NCC(O)CNCC(=O)NCC(O)Cc1nc(NCCCNC2=C[C@@H](O)[C@@H](O)[C@H](O)C2)nc(Nc2ccc(Nc3cc(S(=O)(=O)O)c(N)c4c3C(=O)c3ccccc3C4=O)cc2S(=O)(=O)O)n1. The number of hydrogen-bond donors (Lipinski definition) is 15. The van der Waals surface area contributed by atoms with Crippen LogP contribution in [0.2, 0.25) is 0 Å². The van der Waals surface area contributed by atoms with Gasteiger partial charge in [-0.05, 0) is 36.8 Å². The molecule has 2 aliphatic carbocycles. The van der Waals surface area contributed by atoms with E-state index in [9.17, 15) is 65.9 Å². The summed E-state index contributed by atoms with van der Waals surface area (Å²) < 4.78 is 71.1. The van der Waals surface area contributed by atoms with E-state index < -0.39 is 89.3 Å². The summed E-state index contributed by atoms with van der Waals surface area (Å²) in [4.78, 5) is 51.0. The highest BCUT2D eigenvalue weighted by Crippen LogP contribution is 2.40. The molecule has 360 valence electrons. The number of aliphatic hydroxyl groups is 5. The van der Waals surface area contributed by atoms with Gasteiger partial charge in [-0.3, -0.25) is 23.5 Å². The largest absolute Gasteiger partial charge is 0.397 e. The Labute approximate surface area is 382 Å². The van der Waals surface area contributed by atoms with Crippen LogP contribution >= 0.6 is 0 Å². The lowest BCUT2D eigenvalue weighted by Gasteiger charge is -2.28. The summed E-state index contributed by atoms with van der Waals surface area (Å²) in [5.74, 6) is -2.47. The van der Waals surface area contributed by atoms with E-state index in [1.807, 2.05) is 0 Å². The van der Waals surface area contributed by atoms with Gasteiger partial charge in [0.25, 0.3) is 20.2 Å². The second-order valence-corrected chi connectivity index (χ2v) is 18.2. The Bertz CT molecular complexity index is 2800. The number of aromatic nitrogens is 3. The number of anilines is 6. The summed E-state index contributed by atoms with van der Waals surface area (Å²) in [7, 11) is -10.2. The zero-order valence-corrected chi connectivity index (χ0v) is 36.9. The van der Waals surface area contributed by atoms with Crippen molar-refractivity contribution >= 4 is 72.4 Å². The fraction of sp³-hybridized carbons (Fsp3) is 0.350. The molecule has 0 aliphatic heterocycles. The van der Waals surface area contributed by atoms with E-state index in [4.69, 9.17) is 11.5 Å². The normalized spacial score (nSPS) is 18.0. The molecular weight excluding hydrogens is 923 g/mol. The van der Waals surface area contributed by atoms with Crippen molar-refractivity contribution in [1.82, 2.24) is 30.9 Å². The molecule has 67 heavy (non-hydrogen) atoms. The Morgan fingerprint density at radius 1 is 0.791 bits per heavy atom. The minimum absolute atomic E-state index is 0.0123. The van der Waals surface area contributed by atoms with Crippen LogP contribution in [0.4, 0.5) is 34.6 Å². The molecule has 2 aliphatic rings. The van der Waals surface area contributed by atoms with Gasteiger partial charge in [0, 0.05) is 68.1 Å². The van der Waals surface area contributed by atoms with Gasteiger partial charge in [0.2, 0.25) is 17.8 Å². The minimum Gasteiger partial charge on any atom is -0.397 e. The first kappa shape index (κ1) is 50.2. The summed E-state index contributed by atoms with van der Waals surface area (Å²) in [6.07, 6.45) is -4.21. The van der Waals surface area contributed by atoms with E-state index >= 15 is 0 Å². The molecule has 0 saturated carbocycles. The van der Waals surface area contributed by atoms with Crippen molar-refractivity contribution in [3.8, 4) is 0 Å². The maximum Gasteiger partial charge on any atom is 0.296 e. The zero-order valence-electron chi connectivity index (χ0n) is 35.2. The van der Waals surface area contributed by atoms with Crippen LogP contribution in [0.5, 0.6) is 0 Å². The number of aliphatic hydroxyl groups excluding tert-OH is 5. The number of nitrogens with one attached hydrogen (secondary N) is 6. The molecule has 0 saturated heterocycles. The maximum absolute atomic E-state index is 13.8. The predicted molar refractivity (Wildman–Crippen MR) is 239 cm³/mol. The average Bonchev–Trinajstić information content (AvgIpc) is 3.26. The molecule has 0 spiro atoms. The summed E-state index contributed by atoms with van der Waals surface area (Å²) in [6, 6.07) is 9.81. The summed E-state index contributed by atoms with van der Waals surface area (Å²) >= 11 is 0. The molecule has 1 aromatic heterocycles. The third-order valence-corrected chi connectivity index (χ3v) is 12.2. The molecular formula is C40H49N11O14S2. The molecule has 17 N–H and O–H groups in total. The number of benzene rings is 3. The number of nitrogens with zero attached hydrogens (tertiary/aromatic N) is 3. The number of ketones is 2. The Morgan fingerprint density at radius 2 is 1.45 bits per heavy atom. The average molecular weight is 972 g/mol. The lowest BCUT2D eigenvalue weighted by atomic mass is 9.82. The van der Waals surface area contributed by atoms with Gasteiger partial charge in [0.15, 0.2) is 11.6 Å². The molecule has 27 heteroatoms. The first-order valence-electron chi connectivity index (χ1n) is 20.4. The molecule has 4 aromatic rings. The van der Waals surface area contributed by atoms with Crippen molar-refractivity contribution in [3.63, 3.8) is 0 Å². The van der Waals surface area contributed by atoms with Crippen molar-refractivity contribution < 1.29 is 65.9 Å². The number of nitrogen functional groups attached to an aromatic ring is 1. The zero-order chi connectivity index (χ0) is 48.8. The van der Waals surface area contributed by atoms with E-state index in [1.165, 1.54) is 36.4 Å². The first-order valence-corrected chi connectivity index (χ1v) is 23.3. The number of hydrogen-bond acceptors (Lipinski definition) is 22. The van der Waals surface area contributed by atoms with Gasteiger partial charge in [-0.25, -0.2) is 0 Å². The van der Waals surface area contributed by atoms with Crippen LogP contribution in [0.3, 0.4) is 0 Å². The lowest BCUT2D eigenvalue weighted by Crippen LogP contribution is -2.42. The van der Waals surface area contributed by atoms with Gasteiger partial charge in [0.05, 0.1) is 53.0 Å². The van der Waals surface area contributed by atoms with Crippen LogP contribution in [0.15, 0.2) is 70.1 Å². The highest BCUT2D eigenvalue weighted by atomic mass is 32.2. The van der Waals surface area contributed by atoms with Gasteiger partial charge in [-0.1, -0.05) is 24.3 Å². The fourth-order valence-corrected chi connectivity index (χ4v) is 8.39. The van der Waals surface area contributed by atoms with Gasteiger partial charge in [0.1, 0.15) is 27.8 Å². The Balaban J connectivity index is 1.26. The number of fused-ring (bicyclic) bond motifs is 2. The number of rotatable bonds is 21. The number of carbonyl (C=O) groups is 3. The highest BCUT2D eigenvalue weighted by molar-refractivity contribution is 7.86. The Hall–Kier alpha value is -6.24. The molecule has 25 nitrogen and oxygen atoms in total. The van der Waals surface area contributed by atoms with Crippen LogP contribution in [0.25, 0.3) is 0 Å². The smallest absolute Gasteiger partial charge is 0.296 e. The van der Waals surface area contributed by atoms with Gasteiger partial charge < -0.3 is 68.9 Å². The number of nitrogens with two attached hydrogens (primary N) is 2.